The van der Waals surface area contributed by atoms with Crippen LogP contribution in [0.25, 0.3) is 32.1 Å². The minimum atomic E-state index is -3.62. The fourth-order valence-electron chi connectivity index (χ4n) is 3.42. The topological polar surface area (TPSA) is 102 Å². The van der Waals surface area contributed by atoms with Crippen LogP contribution in [-0.4, -0.2) is 50.6 Å². The van der Waals surface area contributed by atoms with Crippen molar-refractivity contribution in [2.24, 2.45) is 0 Å². The molecule has 0 radical (unpaired) electrons. The van der Waals surface area contributed by atoms with Crippen molar-refractivity contribution < 1.29 is 13.5 Å². The van der Waals surface area contributed by atoms with Crippen LogP contribution in [0.2, 0.25) is 0 Å². The maximum Gasteiger partial charge on any atom is 0.266 e. The molecule has 0 unspecified atom stereocenters. The number of hydrogen-bond acceptors (Lipinski definition) is 6. The van der Waals surface area contributed by atoms with Gasteiger partial charge in [0.05, 0.1) is 4.90 Å². The zero-order valence-electron chi connectivity index (χ0n) is 16.5. The second kappa shape index (κ2) is 7.84. The molecule has 2 aromatic heterocycles. The van der Waals surface area contributed by atoms with Crippen molar-refractivity contribution in [1.82, 2.24) is 14.6 Å². The van der Waals surface area contributed by atoms with Gasteiger partial charge >= 0.3 is 0 Å². The predicted octanol–water partition coefficient (Wildman–Crippen LogP) is 2.96. The summed E-state index contributed by atoms with van der Waals surface area (Å²) in [6.45, 7) is 0.904. The van der Waals surface area contributed by atoms with E-state index in [4.69, 9.17) is 0 Å². The number of hydrogen-bond donors (Lipinski definition) is 3. The molecule has 0 atom stereocenters. The maximum absolute atomic E-state index is 12.5. The number of thiophene rings is 1. The van der Waals surface area contributed by atoms with Crippen LogP contribution in [0, 0.1) is 0 Å². The molecule has 0 amide bonds. The highest BCUT2D eigenvalue weighted by Gasteiger charge is 2.17. The van der Waals surface area contributed by atoms with Gasteiger partial charge in [-0.25, -0.2) is 13.1 Å². The largest absolute Gasteiger partial charge is 0.507 e. The molecule has 0 bridgehead atoms. The highest BCUT2D eigenvalue weighted by atomic mass is 32.2. The van der Waals surface area contributed by atoms with Crippen LogP contribution < -0.4 is 10.3 Å². The third kappa shape index (κ3) is 3.72. The Kier molecular flexibility index (Phi) is 5.37. The monoisotopic (exact) mass is 443 g/mol. The molecule has 2 heterocycles. The molecule has 0 spiro atoms. The van der Waals surface area contributed by atoms with Crippen LogP contribution in [0.3, 0.4) is 0 Å². The smallest absolute Gasteiger partial charge is 0.266 e. The number of rotatable bonds is 6. The first-order valence-corrected chi connectivity index (χ1v) is 11.6. The van der Waals surface area contributed by atoms with Gasteiger partial charge in [-0.05, 0) is 55.4 Å². The van der Waals surface area contributed by atoms with E-state index in [1.54, 1.807) is 18.2 Å². The standard InChI is InChI=1S/C21H21N3O4S2/c1-24(2)11-10-22-30(27,28)14-5-3-13(4-6-14)18-17(25)8-7-16-19(18)15-9-12-29-20(15)21(26)23-16/h3-9,12,22,25H,10-11H2,1-2H3,(H,23,26). The molecule has 0 saturated heterocycles. The Bertz CT molecular complexity index is 1390. The number of fused-ring (bicyclic) bond motifs is 3. The van der Waals surface area contributed by atoms with Gasteiger partial charge < -0.3 is 15.0 Å². The second-order valence-corrected chi connectivity index (χ2v) is 9.91. The number of benzene rings is 2. The third-order valence-corrected chi connectivity index (χ3v) is 7.27. The summed E-state index contributed by atoms with van der Waals surface area (Å²) in [6.07, 6.45) is 0. The highest BCUT2D eigenvalue weighted by Crippen LogP contribution is 2.39. The lowest BCUT2D eigenvalue weighted by molar-refractivity contribution is 0.412. The van der Waals surface area contributed by atoms with E-state index in [2.05, 4.69) is 9.71 Å². The maximum atomic E-state index is 12.5. The molecule has 0 aliphatic heterocycles. The van der Waals surface area contributed by atoms with Gasteiger partial charge in [-0.2, -0.15) is 0 Å². The van der Waals surface area contributed by atoms with Crippen LogP contribution in [0.4, 0.5) is 0 Å². The Hall–Kier alpha value is -2.72. The Morgan fingerprint density at radius 1 is 1.10 bits per heavy atom. The first kappa shape index (κ1) is 20.5. The zero-order chi connectivity index (χ0) is 21.5. The molecule has 156 valence electrons. The number of aromatic amines is 1. The molecule has 9 heteroatoms. The molecule has 0 aliphatic carbocycles. The van der Waals surface area contributed by atoms with Crippen molar-refractivity contribution in [3.63, 3.8) is 0 Å². The van der Waals surface area contributed by atoms with Gasteiger partial charge in [-0.1, -0.05) is 12.1 Å². The van der Waals surface area contributed by atoms with Crippen molar-refractivity contribution in [1.29, 1.82) is 0 Å². The number of sulfonamides is 1. The number of pyridine rings is 1. The summed E-state index contributed by atoms with van der Waals surface area (Å²) in [4.78, 5) is 17.2. The molecule has 7 nitrogen and oxygen atoms in total. The zero-order valence-corrected chi connectivity index (χ0v) is 18.1. The summed E-state index contributed by atoms with van der Waals surface area (Å²) >= 11 is 1.34. The lowest BCUT2D eigenvalue weighted by Gasteiger charge is -2.13. The van der Waals surface area contributed by atoms with Gasteiger partial charge in [-0.3, -0.25) is 4.79 Å². The Morgan fingerprint density at radius 2 is 1.83 bits per heavy atom. The average Bonchev–Trinajstić information content (AvgIpc) is 3.19. The summed E-state index contributed by atoms with van der Waals surface area (Å²) in [5.74, 6) is 0.0572. The Morgan fingerprint density at radius 3 is 2.53 bits per heavy atom. The van der Waals surface area contributed by atoms with E-state index in [-0.39, 0.29) is 16.2 Å². The first-order valence-electron chi connectivity index (χ1n) is 9.28. The Labute approximate surface area is 177 Å². The number of likely N-dealkylation sites (N-methyl/N-ethyl adjacent to an activating group) is 1. The lowest BCUT2D eigenvalue weighted by atomic mass is 9.97. The molecule has 0 fully saturated rings. The molecule has 0 aliphatic rings. The number of nitrogens with one attached hydrogen (secondary N) is 2. The van der Waals surface area contributed by atoms with Crippen molar-refractivity contribution in [3.8, 4) is 16.9 Å². The van der Waals surface area contributed by atoms with Gasteiger partial charge in [0, 0.05) is 34.9 Å². The van der Waals surface area contributed by atoms with E-state index < -0.39 is 10.0 Å². The first-order chi connectivity index (χ1) is 14.3. The van der Waals surface area contributed by atoms with Crippen LogP contribution >= 0.6 is 11.3 Å². The van der Waals surface area contributed by atoms with Crippen molar-refractivity contribution in [3.05, 3.63) is 58.2 Å². The number of phenols is 1. The van der Waals surface area contributed by atoms with Crippen LogP contribution in [0.1, 0.15) is 0 Å². The van der Waals surface area contributed by atoms with Crippen LogP contribution in [0.5, 0.6) is 5.75 Å². The van der Waals surface area contributed by atoms with E-state index in [1.165, 1.54) is 29.5 Å². The van der Waals surface area contributed by atoms with Gasteiger partial charge in [0.2, 0.25) is 10.0 Å². The number of aromatic nitrogens is 1. The molecule has 0 saturated carbocycles. The van der Waals surface area contributed by atoms with Crippen molar-refractivity contribution in [2.75, 3.05) is 27.2 Å². The number of aromatic hydroxyl groups is 1. The predicted molar refractivity (Wildman–Crippen MR) is 121 cm³/mol. The van der Waals surface area contributed by atoms with Crippen LogP contribution in [0.15, 0.2) is 57.5 Å². The molecule has 30 heavy (non-hydrogen) atoms. The Balaban J connectivity index is 1.79. The average molecular weight is 444 g/mol. The van der Waals surface area contributed by atoms with Gasteiger partial charge in [-0.15, -0.1) is 11.3 Å². The van der Waals surface area contributed by atoms with E-state index >= 15 is 0 Å². The molecular weight excluding hydrogens is 422 g/mol. The summed E-state index contributed by atoms with van der Waals surface area (Å²) in [5.41, 5.74) is 1.65. The minimum absolute atomic E-state index is 0.0572. The number of phenolic OH excluding ortho intramolecular Hbond substituents is 1. The van der Waals surface area contributed by atoms with E-state index in [9.17, 15) is 18.3 Å². The van der Waals surface area contributed by atoms with Crippen molar-refractivity contribution in [2.45, 2.75) is 4.90 Å². The highest BCUT2D eigenvalue weighted by molar-refractivity contribution is 7.89. The van der Waals surface area contributed by atoms with Gasteiger partial charge in [0.15, 0.2) is 0 Å². The van der Waals surface area contributed by atoms with E-state index in [0.29, 0.717) is 34.4 Å². The molecule has 4 aromatic rings. The minimum Gasteiger partial charge on any atom is -0.507 e. The lowest BCUT2D eigenvalue weighted by Crippen LogP contribution is -2.31. The van der Waals surface area contributed by atoms with Crippen molar-refractivity contribution >= 4 is 42.3 Å². The SMILES string of the molecule is CN(C)CCNS(=O)(=O)c1ccc(-c2c(O)ccc3[nH]c(=O)c4sccc4c23)cc1. The van der Waals surface area contributed by atoms with Crippen LogP contribution in [-0.2, 0) is 10.0 Å². The quantitative estimate of drug-likeness (QED) is 0.425. The molecule has 4 rings (SSSR count). The van der Waals surface area contributed by atoms with Gasteiger partial charge in [0.1, 0.15) is 10.4 Å². The summed E-state index contributed by atoms with van der Waals surface area (Å²) in [5, 5.41) is 13.9. The number of nitrogens with zero attached hydrogens (tertiary/aromatic N) is 1. The van der Waals surface area contributed by atoms with E-state index in [1.807, 2.05) is 30.4 Å². The third-order valence-electron chi connectivity index (χ3n) is 4.88. The summed E-state index contributed by atoms with van der Waals surface area (Å²) in [7, 11) is 0.121. The normalized spacial score (nSPS) is 12.2. The summed E-state index contributed by atoms with van der Waals surface area (Å²) < 4.78 is 28.2. The fraction of sp³-hybridized carbons (Fsp3) is 0.190. The molecule has 3 N–H and O–H groups in total. The fourth-order valence-corrected chi connectivity index (χ4v) is 5.23. The molecular formula is C21H21N3O4S2. The summed E-state index contributed by atoms with van der Waals surface area (Å²) in [6, 6.07) is 11.4. The molecule has 2 aromatic carbocycles. The second-order valence-electron chi connectivity index (χ2n) is 7.23. The number of H-pyrrole nitrogens is 1. The van der Waals surface area contributed by atoms with E-state index in [0.717, 1.165) is 10.8 Å². The van der Waals surface area contributed by atoms with Gasteiger partial charge in [0.25, 0.3) is 5.56 Å².